The van der Waals surface area contributed by atoms with Gasteiger partial charge in [0.1, 0.15) is 0 Å². The van der Waals surface area contributed by atoms with Gasteiger partial charge in [0, 0.05) is 42.8 Å². The quantitative estimate of drug-likeness (QED) is 0.413. The summed E-state index contributed by atoms with van der Waals surface area (Å²) in [4.78, 5) is 19.9. The molecule has 4 aromatic rings. The Morgan fingerprint density at radius 3 is 2.49 bits per heavy atom. The maximum absolute atomic E-state index is 13.6. The van der Waals surface area contributed by atoms with Gasteiger partial charge >= 0.3 is 6.18 Å². The molecule has 0 N–H and O–H groups in total. The number of amides is 1. The summed E-state index contributed by atoms with van der Waals surface area (Å²) in [5, 5.41) is 9.20. The van der Waals surface area contributed by atoms with Crippen LogP contribution in [0.25, 0.3) is 22.3 Å². The first-order valence-corrected chi connectivity index (χ1v) is 11.3. The van der Waals surface area contributed by atoms with Crippen molar-refractivity contribution in [2.45, 2.75) is 39.4 Å². The fourth-order valence-corrected chi connectivity index (χ4v) is 5.01. The van der Waals surface area contributed by atoms with E-state index in [2.05, 4.69) is 15.2 Å². The summed E-state index contributed by atoms with van der Waals surface area (Å²) in [6.07, 6.45) is -4.05. The molecular formula is C25H25F3N6O. The Labute approximate surface area is 200 Å². The van der Waals surface area contributed by atoms with Gasteiger partial charge in [-0.25, -0.2) is 0 Å². The third-order valence-corrected chi connectivity index (χ3v) is 6.83. The highest BCUT2D eigenvalue weighted by atomic mass is 19.4. The van der Waals surface area contributed by atoms with Crippen molar-refractivity contribution < 1.29 is 18.0 Å². The molecule has 5 rings (SSSR count). The standard InChI is InChI=1S/C25H25F3N6O/c1-13-6-7-16-14(2)17(8-9-19(16)29-13)24(35)34-11-10-18-22(15(34)3)31-33(5)23(18)20-12-21(25(26,27)28)30-32(20)4/h6-9,12,15H,10-11H2,1-5H3/t15-/m0/s1. The van der Waals surface area contributed by atoms with Gasteiger partial charge in [-0.3, -0.25) is 19.1 Å². The van der Waals surface area contributed by atoms with Crippen molar-refractivity contribution in [2.75, 3.05) is 6.54 Å². The van der Waals surface area contributed by atoms with Crippen molar-refractivity contribution in [3.05, 3.63) is 64.1 Å². The second-order valence-corrected chi connectivity index (χ2v) is 9.05. The van der Waals surface area contributed by atoms with Gasteiger partial charge in [-0.05, 0) is 57.0 Å². The molecule has 0 unspecified atom stereocenters. The number of fused-ring (bicyclic) bond motifs is 2. The number of aryl methyl sites for hydroxylation is 4. The summed E-state index contributed by atoms with van der Waals surface area (Å²) in [5.74, 6) is -0.102. The number of benzene rings is 1. The van der Waals surface area contributed by atoms with Crippen LogP contribution in [0.4, 0.5) is 13.2 Å². The Kier molecular flexibility index (Phi) is 5.23. The number of alkyl halides is 3. The molecule has 0 radical (unpaired) electrons. The minimum atomic E-state index is -4.53. The van der Waals surface area contributed by atoms with Gasteiger partial charge in [-0.2, -0.15) is 23.4 Å². The maximum atomic E-state index is 13.6. The number of carbonyl (C=O) groups excluding carboxylic acids is 1. The van der Waals surface area contributed by atoms with Gasteiger partial charge in [0.15, 0.2) is 5.69 Å². The van der Waals surface area contributed by atoms with Crippen molar-refractivity contribution in [3.63, 3.8) is 0 Å². The van der Waals surface area contributed by atoms with Crippen LogP contribution < -0.4 is 0 Å². The molecule has 0 aliphatic carbocycles. The summed E-state index contributed by atoms with van der Waals surface area (Å²) < 4.78 is 42.5. The molecule has 1 aliphatic rings. The number of carbonyl (C=O) groups is 1. The van der Waals surface area contributed by atoms with Crippen LogP contribution in [0.15, 0.2) is 30.3 Å². The van der Waals surface area contributed by atoms with Gasteiger partial charge in [0.05, 0.1) is 28.6 Å². The van der Waals surface area contributed by atoms with E-state index in [0.717, 1.165) is 33.8 Å². The molecule has 0 spiro atoms. The molecule has 7 nitrogen and oxygen atoms in total. The smallest absolute Gasteiger partial charge is 0.330 e. The third kappa shape index (κ3) is 3.67. The fourth-order valence-electron chi connectivity index (χ4n) is 5.01. The monoisotopic (exact) mass is 482 g/mol. The van der Waals surface area contributed by atoms with E-state index in [9.17, 15) is 18.0 Å². The molecule has 4 heterocycles. The average molecular weight is 483 g/mol. The first-order chi connectivity index (χ1) is 16.5. The van der Waals surface area contributed by atoms with Crippen molar-refractivity contribution in [3.8, 4) is 11.4 Å². The van der Waals surface area contributed by atoms with Crippen molar-refractivity contribution in [1.29, 1.82) is 0 Å². The van der Waals surface area contributed by atoms with Gasteiger partial charge in [0.25, 0.3) is 5.91 Å². The molecule has 182 valence electrons. The van der Waals surface area contributed by atoms with E-state index in [1.807, 2.05) is 45.0 Å². The van der Waals surface area contributed by atoms with Gasteiger partial charge in [-0.1, -0.05) is 6.07 Å². The first-order valence-electron chi connectivity index (χ1n) is 11.3. The summed E-state index contributed by atoms with van der Waals surface area (Å²) in [6.45, 7) is 6.18. The molecule has 1 amide bonds. The van der Waals surface area contributed by atoms with Crippen LogP contribution in [0.1, 0.15) is 51.5 Å². The average Bonchev–Trinajstić information content (AvgIpc) is 3.33. The Bertz CT molecular complexity index is 1480. The number of pyridine rings is 1. The Morgan fingerprint density at radius 2 is 1.80 bits per heavy atom. The van der Waals surface area contributed by atoms with Crippen LogP contribution in [0.2, 0.25) is 0 Å². The van der Waals surface area contributed by atoms with Crippen LogP contribution in [0.5, 0.6) is 0 Å². The topological polar surface area (TPSA) is 68.8 Å². The van der Waals surface area contributed by atoms with Crippen LogP contribution >= 0.6 is 0 Å². The lowest BCUT2D eigenvalue weighted by atomic mass is 9.95. The second-order valence-electron chi connectivity index (χ2n) is 9.05. The van der Waals surface area contributed by atoms with E-state index in [4.69, 9.17) is 0 Å². The van der Waals surface area contributed by atoms with Crippen LogP contribution in [-0.2, 0) is 26.7 Å². The summed E-state index contributed by atoms with van der Waals surface area (Å²) in [6, 6.07) is 8.29. The highest BCUT2D eigenvalue weighted by molar-refractivity contribution is 6.01. The zero-order valence-corrected chi connectivity index (χ0v) is 20.1. The number of hydrogen-bond acceptors (Lipinski definition) is 4. The molecule has 0 fully saturated rings. The highest BCUT2D eigenvalue weighted by Gasteiger charge is 2.37. The normalized spacial score (nSPS) is 16.1. The first kappa shape index (κ1) is 23.1. The van der Waals surface area contributed by atoms with Crippen molar-refractivity contribution in [2.24, 2.45) is 14.1 Å². The Morgan fingerprint density at radius 1 is 1.06 bits per heavy atom. The predicted molar refractivity (Wildman–Crippen MR) is 125 cm³/mol. The number of aromatic nitrogens is 5. The predicted octanol–water partition coefficient (Wildman–Crippen LogP) is 4.76. The number of halogens is 3. The molecule has 10 heteroatoms. The third-order valence-electron chi connectivity index (χ3n) is 6.83. The Balaban J connectivity index is 1.51. The zero-order chi connectivity index (χ0) is 25.2. The summed E-state index contributed by atoms with van der Waals surface area (Å²) in [7, 11) is 3.19. The Hall–Kier alpha value is -3.69. The molecule has 1 aliphatic heterocycles. The van der Waals surface area contributed by atoms with Crippen LogP contribution in [0.3, 0.4) is 0 Å². The molecule has 35 heavy (non-hydrogen) atoms. The molecule has 1 atom stereocenters. The van der Waals surface area contributed by atoms with Crippen molar-refractivity contribution >= 4 is 16.8 Å². The maximum Gasteiger partial charge on any atom is 0.435 e. The van der Waals surface area contributed by atoms with Gasteiger partial charge in [0.2, 0.25) is 0 Å². The highest BCUT2D eigenvalue weighted by Crippen LogP contribution is 2.38. The molecule has 0 saturated carbocycles. The minimum absolute atomic E-state index is 0.102. The summed E-state index contributed by atoms with van der Waals surface area (Å²) in [5.41, 5.74) is 4.75. The van der Waals surface area contributed by atoms with E-state index >= 15 is 0 Å². The van der Waals surface area contributed by atoms with Gasteiger partial charge < -0.3 is 4.90 Å². The number of hydrogen-bond donors (Lipinski definition) is 0. The molecule has 0 bridgehead atoms. The largest absolute Gasteiger partial charge is 0.435 e. The zero-order valence-electron chi connectivity index (χ0n) is 20.1. The van der Waals surface area contributed by atoms with E-state index in [1.165, 1.54) is 11.7 Å². The van der Waals surface area contributed by atoms with E-state index in [0.29, 0.717) is 35.6 Å². The SMILES string of the molecule is Cc1ccc2c(C)c(C(=O)N3CCc4c(nn(C)c4-c4cc(C(F)(F)F)nn4C)[C@@H]3C)ccc2n1. The van der Waals surface area contributed by atoms with Crippen LogP contribution in [0, 0.1) is 13.8 Å². The van der Waals surface area contributed by atoms with E-state index in [1.54, 1.807) is 16.6 Å². The molecule has 3 aromatic heterocycles. The molecular weight excluding hydrogens is 457 g/mol. The van der Waals surface area contributed by atoms with Crippen molar-refractivity contribution in [1.82, 2.24) is 29.4 Å². The van der Waals surface area contributed by atoms with Gasteiger partial charge in [-0.15, -0.1) is 0 Å². The number of nitrogens with zero attached hydrogens (tertiary/aromatic N) is 6. The fraction of sp³-hybridized carbons (Fsp3) is 0.360. The lowest BCUT2D eigenvalue weighted by molar-refractivity contribution is -0.141. The van der Waals surface area contributed by atoms with E-state index < -0.39 is 11.9 Å². The molecule has 1 aromatic carbocycles. The molecule has 0 saturated heterocycles. The van der Waals surface area contributed by atoms with Crippen LogP contribution in [-0.4, -0.2) is 41.9 Å². The number of rotatable bonds is 2. The lowest BCUT2D eigenvalue weighted by Gasteiger charge is -2.33. The summed E-state index contributed by atoms with van der Waals surface area (Å²) >= 11 is 0. The minimum Gasteiger partial charge on any atom is -0.330 e. The lowest BCUT2D eigenvalue weighted by Crippen LogP contribution is -2.39. The second kappa shape index (κ2) is 7.93. The van der Waals surface area contributed by atoms with E-state index in [-0.39, 0.29) is 11.9 Å².